The van der Waals surface area contributed by atoms with E-state index in [0.29, 0.717) is 12.2 Å². The molecule has 2 aromatic carbocycles. The van der Waals surface area contributed by atoms with Crippen molar-refractivity contribution in [2.24, 2.45) is 0 Å². The fourth-order valence-electron chi connectivity index (χ4n) is 1.71. The molecule has 0 heterocycles. The highest BCUT2D eigenvalue weighted by atomic mass is 16.5. The number of rotatable bonds is 5. The van der Waals surface area contributed by atoms with Crippen LogP contribution in [-0.4, -0.2) is 17.7 Å². The minimum absolute atomic E-state index is 0.294. The van der Waals surface area contributed by atoms with Gasteiger partial charge in [0.05, 0.1) is 12.2 Å². The minimum atomic E-state index is -0.914. The summed E-state index contributed by atoms with van der Waals surface area (Å²) in [5.41, 5.74) is 0.294. The van der Waals surface area contributed by atoms with Gasteiger partial charge in [-0.05, 0) is 41.5 Å². The molecule has 0 bridgehead atoms. The van der Waals surface area contributed by atoms with Crippen molar-refractivity contribution in [1.29, 1.82) is 0 Å². The van der Waals surface area contributed by atoms with E-state index in [2.05, 4.69) is 6.58 Å². The highest BCUT2D eigenvalue weighted by Crippen LogP contribution is 2.22. The smallest absolute Gasteiger partial charge is 0.335 e. The maximum atomic E-state index is 10.9. The Kier molecular flexibility index (Phi) is 3.63. The molecule has 3 heteroatoms. The standard InChI is InChI=1S/C15H14O3/c1-2-3-8-18-14-7-6-11-9-13(15(16)17)5-4-12(11)10-14/h2,4-7,9-10H,1,3,8H2,(H,16,17). The van der Waals surface area contributed by atoms with Crippen LogP contribution in [0.15, 0.2) is 49.1 Å². The van der Waals surface area contributed by atoms with E-state index < -0.39 is 5.97 Å². The summed E-state index contributed by atoms with van der Waals surface area (Å²) in [5, 5.41) is 10.8. The van der Waals surface area contributed by atoms with E-state index in [0.717, 1.165) is 22.9 Å². The van der Waals surface area contributed by atoms with Crippen LogP contribution in [-0.2, 0) is 0 Å². The first-order chi connectivity index (χ1) is 8.70. The summed E-state index contributed by atoms with van der Waals surface area (Å²) in [7, 11) is 0. The summed E-state index contributed by atoms with van der Waals surface area (Å²) in [4.78, 5) is 10.9. The van der Waals surface area contributed by atoms with Gasteiger partial charge in [0.25, 0.3) is 0 Å². The Morgan fingerprint density at radius 1 is 1.22 bits per heavy atom. The third-order valence-corrected chi connectivity index (χ3v) is 2.65. The van der Waals surface area contributed by atoms with Gasteiger partial charge in [-0.1, -0.05) is 18.2 Å². The molecule has 0 aliphatic heterocycles. The highest BCUT2D eigenvalue weighted by molar-refractivity contribution is 5.94. The molecule has 0 unspecified atom stereocenters. The van der Waals surface area contributed by atoms with Crippen LogP contribution in [0.4, 0.5) is 0 Å². The highest BCUT2D eigenvalue weighted by Gasteiger charge is 2.04. The lowest BCUT2D eigenvalue weighted by Crippen LogP contribution is -1.96. The third kappa shape index (κ3) is 2.69. The summed E-state index contributed by atoms with van der Waals surface area (Å²) in [6.45, 7) is 4.23. The van der Waals surface area contributed by atoms with Crippen LogP contribution < -0.4 is 4.74 Å². The predicted octanol–water partition coefficient (Wildman–Crippen LogP) is 3.49. The quantitative estimate of drug-likeness (QED) is 0.644. The van der Waals surface area contributed by atoms with E-state index in [-0.39, 0.29) is 0 Å². The molecule has 18 heavy (non-hydrogen) atoms. The van der Waals surface area contributed by atoms with Crippen molar-refractivity contribution >= 4 is 16.7 Å². The monoisotopic (exact) mass is 242 g/mol. The Labute approximate surface area is 105 Å². The van der Waals surface area contributed by atoms with Crippen molar-refractivity contribution in [3.8, 4) is 5.75 Å². The maximum absolute atomic E-state index is 10.9. The molecule has 0 amide bonds. The molecule has 3 nitrogen and oxygen atoms in total. The fraction of sp³-hybridized carbons (Fsp3) is 0.133. The Morgan fingerprint density at radius 3 is 2.67 bits per heavy atom. The Bertz CT molecular complexity index is 587. The zero-order valence-corrected chi connectivity index (χ0v) is 9.93. The van der Waals surface area contributed by atoms with Crippen LogP contribution >= 0.6 is 0 Å². The van der Waals surface area contributed by atoms with Crippen LogP contribution in [0, 0.1) is 0 Å². The van der Waals surface area contributed by atoms with Gasteiger partial charge in [0.2, 0.25) is 0 Å². The van der Waals surface area contributed by atoms with Gasteiger partial charge in [-0.2, -0.15) is 0 Å². The first kappa shape index (κ1) is 12.2. The largest absolute Gasteiger partial charge is 0.493 e. The lowest BCUT2D eigenvalue weighted by atomic mass is 10.1. The Balaban J connectivity index is 2.26. The van der Waals surface area contributed by atoms with E-state index in [1.165, 1.54) is 0 Å². The van der Waals surface area contributed by atoms with Crippen molar-refractivity contribution < 1.29 is 14.6 Å². The van der Waals surface area contributed by atoms with Crippen LogP contribution in [0.25, 0.3) is 10.8 Å². The van der Waals surface area contributed by atoms with E-state index in [1.807, 2.05) is 18.2 Å². The molecule has 0 saturated carbocycles. The maximum Gasteiger partial charge on any atom is 0.335 e. The number of carboxylic acids is 1. The number of hydrogen-bond acceptors (Lipinski definition) is 2. The number of fused-ring (bicyclic) bond motifs is 1. The molecule has 0 spiro atoms. The molecule has 0 fully saturated rings. The molecular weight excluding hydrogens is 228 g/mol. The second-order valence-corrected chi connectivity index (χ2v) is 3.95. The minimum Gasteiger partial charge on any atom is -0.493 e. The van der Waals surface area contributed by atoms with Crippen LogP contribution in [0.5, 0.6) is 5.75 Å². The average molecular weight is 242 g/mol. The second-order valence-electron chi connectivity index (χ2n) is 3.95. The first-order valence-electron chi connectivity index (χ1n) is 5.71. The van der Waals surface area contributed by atoms with E-state index in [1.54, 1.807) is 24.3 Å². The van der Waals surface area contributed by atoms with Gasteiger partial charge in [0.15, 0.2) is 0 Å². The molecule has 0 aromatic heterocycles. The molecule has 0 atom stereocenters. The normalized spacial score (nSPS) is 10.2. The SMILES string of the molecule is C=CCCOc1ccc2cc(C(=O)O)ccc2c1. The van der Waals surface area contributed by atoms with Crippen LogP contribution in [0.3, 0.4) is 0 Å². The van der Waals surface area contributed by atoms with Gasteiger partial charge >= 0.3 is 5.97 Å². The zero-order valence-electron chi connectivity index (χ0n) is 9.93. The average Bonchev–Trinajstić information content (AvgIpc) is 2.38. The molecule has 0 aliphatic rings. The molecule has 0 radical (unpaired) electrons. The van der Waals surface area contributed by atoms with Crippen molar-refractivity contribution in [2.45, 2.75) is 6.42 Å². The molecule has 1 N–H and O–H groups in total. The molecule has 0 aliphatic carbocycles. The summed E-state index contributed by atoms with van der Waals surface area (Å²) in [5.74, 6) is -0.129. The topological polar surface area (TPSA) is 46.5 Å². The molecule has 92 valence electrons. The van der Waals surface area contributed by atoms with E-state index in [9.17, 15) is 4.79 Å². The van der Waals surface area contributed by atoms with Crippen molar-refractivity contribution in [1.82, 2.24) is 0 Å². The number of ether oxygens (including phenoxy) is 1. The Hall–Kier alpha value is -2.29. The van der Waals surface area contributed by atoms with Gasteiger partial charge in [-0.15, -0.1) is 6.58 Å². The second kappa shape index (κ2) is 5.36. The number of carbonyl (C=O) groups is 1. The molecule has 2 rings (SSSR count). The first-order valence-corrected chi connectivity index (χ1v) is 5.71. The summed E-state index contributed by atoms with van der Waals surface area (Å²) in [6, 6.07) is 10.7. The van der Waals surface area contributed by atoms with Crippen LogP contribution in [0.1, 0.15) is 16.8 Å². The van der Waals surface area contributed by atoms with Gasteiger partial charge in [0, 0.05) is 0 Å². The van der Waals surface area contributed by atoms with Gasteiger partial charge in [-0.3, -0.25) is 0 Å². The van der Waals surface area contributed by atoms with Gasteiger partial charge in [0.1, 0.15) is 5.75 Å². The fourth-order valence-corrected chi connectivity index (χ4v) is 1.71. The summed E-state index contributed by atoms with van der Waals surface area (Å²) in [6.07, 6.45) is 2.61. The van der Waals surface area contributed by atoms with Gasteiger partial charge in [-0.25, -0.2) is 4.79 Å². The van der Waals surface area contributed by atoms with E-state index in [4.69, 9.17) is 9.84 Å². The lowest BCUT2D eigenvalue weighted by molar-refractivity contribution is 0.0697. The van der Waals surface area contributed by atoms with E-state index >= 15 is 0 Å². The lowest BCUT2D eigenvalue weighted by Gasteiger charge is -2.06. The third-order valence-electron chi connectivity index (χ3n) is 2.65. The predicted molar refractivity (Wildman–Crippen MR) is 71.2 cm³/mol. The van der Waals surface area contributed by atoms with Crippen molar-refractivity contribution in [2.75, 3.05) is 6.61 Å². The number of carboxylic acid groups (broad SMARTS) is 1. The van der Waals surface area contributed by atoms with Crippen LogP contribution in [0.2, 0.25) is 0 Å². The Morgan fingerprint density at radius 2 is 1.94 bits per heavy atom. The number of hydrogen-bond donors (Lipinski definition) is 1. The van der Waals surface area contributed by atoms with Gasteiger partial charge < -0.3 is 9.84 Å². The molecule has 2 aromatic rings. The summed E-state index contributed by atoms with van der Waals surface area (Å²) >= 11 is 0. The summed E-state index contributed by atoms with van der Waals surface area (Å²) < 4.78 is 5.54. The van der Waals surface area contributed by atoms with Crippen molar-refractivity contribution in [3.05, 3.63) is 54.6 Å². The molecular formula is C15H14O3. The zero-order chi connectivity index (χ0) is 13.0. The van der Waals surface area contributed by atoms with Crippen molar-refractivity contribution in [3.63, 3.8) is 0 Å². The molecule has 0 saturated heterocycles. The number of aromatic carboxylic acids is 1. The number of benzene rings is 2.